The van der Waals surface area contributed by atoms with Gasteiger partial charge in [0.15, 0.2) is 0 Å². The van der Waals surface area contributed by atoms with Crippen LogP contribution in [0, 0.1) is 10.1 Å². The van der Waals surface area contributed by atoms with E-state index in [1.165, 1.54) is 7.11 Å². The molecule has 0 saturated heterocycles. The number of nitrogens with one attached hydrogen (secondary N) is 1. The van der Waals surface area contributed by atoms with E-state index in [-0.39, 0.29) is 18.7 Å². The molecule has 0 unspecified atom stereocenters. The molecule has 0 aliphatic rings. The molecule has 0 aromatic heterocycles. The largest absolute Gasteiger partial charge is 0.383 e. The van der Waals surface area contributed by atoms with E-state index in [1.807, 2.05) is 0 Å². The number of methoxy groups -OCH3 is 1. The molecule has 0 radical (unpaired) electrons. The van der Waals surface area contributed by atoms with Gasteiger partial charge in [-0.3, -0.25) is 14.9 Å². The second-order valence-electron chi connectivity index (χ2n) is 3.86. The van der Waals surface area contributed by atoms with Crippen molar-refractivity contribution in [2.75, 3.05) is 20.3 Å². The molecule has 21 heavy (non-hydrogen) atoms. The number of rotatable bonds is 6. The molecule has 0 aliphatic carbocycles. The van der Waals surface area contributed by atoms with E-state index >= 15 is 0 Å². The first kappa shape index (κ1) is 17.3. The third-order valence-corrected chi connectivity index (χ3v) is 3.83. The molecule has 0 heterocycles. The van der Waals surface area contributed by atoms with Crippen LogP contribution >= 0.6 is 11.6 Å². The summed E-state index contributed by atoms with van der Waals surface area (Å²) in [4.78, 5) is 21.2. The highest BCUT2D eigenvalue weighted by Crippen LogP contribution is 2.29. The van der Waals surface area contributed by atoms with Crippen LogP contribution < -0.4 is 10.5 Å². The number of hydrogen-bond donors (Lipinski definition) is 2. The summed E-state index contributed by atoms with van der Waals surface area (Å²) < 4.78 is 27.5. The Balaban J connectivity index is 3.34. The highest BCUT2D eigenvalue weighted by atomic mass is 35.5. The maximum atomic E-state index is 11.9. The minimum Gasteiger partial charge on any atom is -0.383 e. The number of benzene rings is 1. The summed E-state index contributed by atoms with van der Waals surface area (Å²) in [5.74, 6) is -0.773. The molecular formula is C10H12ClN3O6S. The van der Waals surface area contributed by atoms with E-state index in [0.717, 1.165) is 6.07 Å². The molecule has 1 aromatic carbocycles. The molecule has 1 aromatic rings. The Kier molecular flexibility index (Phi) is 5.61. The first-order chi connectivity index (χ1) is 9.68. The molecule has 0 atom stereocenters. The lowest BCUT2D eigenvalue weighted by Gasteiger charge is -2.09. The Labute approximate surface area is 125 Å². The first-order valence-electron chi connectivity index (χ1n) is 5.46. The van der Waals surface area contributed by atoms with Gasteiger partial charge in [-0.15, -0.1) is 0 Å². The van der Waals surface area contributed by atoms with Crippen molar-refractivity contribution in [3.63, 3.8) is 0 Å². The van der Waals surface area contributed by atoms with Crippen molar-refractivity contribution in [2.24, 2.45) is 5.14 Å². The minimum absolute atomic E-state index is 0.124. The Bertz CT molecular complexity index is 676. The number of carbonyl (C=O) groups excluding carboxylic acids is 1. The number of halogens is 1. The van der Waals surface area contributed by atoms with Crippen molar-refractivity contribution in [1.29, 1.82) is 0 Å². The number of primary sulfonamides is 1. The van der Waals surface area contributed by atoms with Crippen LogP contribution in [0.15, 0.2) is 17.0 Å². The quantitative estimate of drug-likeness (QED) is 0.433. The summed E-state index contributed by atoms with van der Waals surface area (Å²) in [6, 6.07) is 1.57. The number of hydrogen-bond acceptors (Lipinski definition) is 6. The number of ether oxygens (including phenoxy) is 1. The van der Waals surface area contributed by atoms with Crippen LogP contribution in [-0.4, -0.2) is 39.5 Å². The number of nitrogens with zero attached hydrogens (tertiary/aromatic N) is 1. The van der Waals surface area contributed by atoms with E-state index in [2.05, 4.69) is 5.32 Å². The summed E-state index contributed by atoms with van der Waals surface area (Å²) in [5.41, 5.74) is -0.966. The van der Waals surface area contributed by atoms with Gasteiger partial charge in [-0.1, -0.05) is 11.6 Å². The fraction of sp³-hybridized carbons (Fsp3) is 0.300. The predicted octanol–water partition coefficient (Wildman–Crippen LogP) is 0.272. The predicted molar refractivity (Wildman–Crippen MR) is 73.7 cm³/mol. The Morgan fingerprint density at radius 3 is 2.62 bits per heavy atom. The fourth-order valence-electron chi connectivity index (χ4n) is 1.42. The van der Waals surface area contributed by atoms with Crippen molar-refractivity contribution in [2.45, 2.75) is 4.90 Å². The molecule has 116 valence electrons. The molecule has 0 bridgehead atoms. The molecule has 1 rings (SSSR count). The van der Waals surface area contributed by atoms with E-state index in [9.17, 15) is 23.3 Å². The standard InChI is InChI=1S/C10H12ClN3O6S/c1-20-3-2-13-10(15)7-4-6(14(16)17)5-8(9(7)11)21(12,18)19/h4-5H,2-3H2,1H3,(H,13,15)(H2,12,18,19). The van der Waals surface area contributed by atoms with Crippen LogP contribution in [0.5, 0.6) is 0 Å². The van der Waals surface area contributed by atoms with Gasteiger partial charge in [0.25, 0.3) is 11.6 Å². The van der Waals surface area contributed by atoms with Crippen LogP contribution in [0.4, 0.5) is 5.69 Å². The summed E-state index contributed by atoms with van der Waals surface area (Å²) in [6.07, 6.45) is 0. The molecule has 3 N–H and O–H groups in total. The molecule has 0 saturated carbocycles. The van der Waals surface area contributed by atoms with Crippen molar-refractivity contribution in [1.82, 2.24) is 5.32 Å². The van der Waals surface area contributed by atoms with Gasteiger partial charge in [-0.2, -0.15) is 0 Å². The molecule has 0 aliphatic heterocycles. The van der Waals surface area contributed by atoms with Crippen molar-refractivity contribution >= 4 is 33.2 Å². The lowest BCUT2D eigenvalue weighted by molar-refractivity contribution is -0.385. The third-order valence-electron chi connectivity index (χ3n) is 2.38. The minimum atomic E-state index is -4.31. The SMILES string of the molecule is COCCNC(=O)c1cc([N+](=O)[O-])cc(S(N)(=O)=O)c1Cl. The molecule has 9 nitrogen and oxygen atoms in total. The zero-order valence-corrected chi connectivity index (χ0v) is 12.4. The van der Waals surface area contributed by atoms with Gasteiger partial charge >= 0.3 is 0 Å². The number of sulfonamides is 1. The molecule has 1 amide bonds. The van der Waals surface area contributed by atoms with E-state index < -0.39 is 36.5 Å². The van der Waals surface area contributed by atoms with Crippen LogP contribution in [-0.2, 0) is 14.8 Å². The van der Waals surface area contributed by atoms with Gasteiger partial charge in [0.05, 0.1) is 22.1 Å². The van der Waals surface area contributed by atoms with Crippen molar-refractivity contribution in [3.8, 4) is 0 Å². The average Bonchev–Trinajstić information content (AvgIpc) is 2.37. The van der Waals surface area contributed by atoms with E-state index in [0.29, 0.717) is 6.07 Å². The monoisotopic (exact) mass is 337 g/mol. The second kappa shape index (κ2) is 6.80. The summed E-state index contributed by atoms with van der Waals surface area (Å²) in [7, 11) is -2.89. The third kappa shape index (κ3) is 4.36. The van der Waals surface area contributed by atoms with Crippen LogP contribution in [0.25, 0.3) is 0 Å². The summed E-state index contributed by atoms with van der Waals surface area (Å²) >= 11 is 5.80. The Hall–Kier alpha value is -1.75. The average molecular weight is 338 g/mol. The number of nitro groups is 1. The zero-order valence-electron chi connectivity index (χ0n) is 10.8. The molecule has 0 fully saturated rings. The first-order valence-corrected chi connectivity index (χ1v) is 7.38. The number of non-ortho nitro benzene ring substituents is 1. The summed E-state index contributed by atoms with van der Waals surface area (Å²) in [5, 5.41) is 17.6. The lowest BCUT2D eigenvalue weighted by Crippen LogP contribution is -2.28. The second-order valence-corrected chi connectivity index (χ2v) is 5.76. The maximum Gasteiger partial charge on any atom is 0.271 e. The number of carbonyl (C=O) groups is 1. The van der Waals surface area contributed by atoms with Crippen molar-refractivity contribution < 1.29 is 22.9 Å². The Morgan fingerprint density at radius 2 is 2.14 bits per heavy atom. The van der Waals surface area contributed by atoms with Crippen LogP contribution in [0.2, 0.25) is 5.02 Å². The highest BCUT2D eigenvalue weighted by Gasteiger charge is 2.25. The zero-order chi connectivity index (χ0) is 16.2. The van der Waals surface area contributed by atoms with Gasteiger partial charge in [-0.25, -0.2) is 13.6 Å². The van der Waals surface area contributed by atoms with Gasteiger partial charge < -0.3 is 10.1 Å². The number of nitro benzene ring substituents is 1. The number of nitrogens with two attached hydrogens (primary N) is 1. The normalized spacial score (nSPS) is 11.2. The van der Waals surface area contributed by atoms with Gasteiger partial charge in [0.1, 0.15) is 4.90 Å². The topological polar surface area (TPSA) is 142 Å². The molecule has 0 spiro atoms. The van der Waals surface area contributed by atoms with Crippen LogP contribution in [0.1, 0.15) is 10.4 Å². The smallest absolute Gasteiger partial charge is 0.271 e. The van der Waals surface area contributed by atoms with Crippen molar-refractivity contribution in [3.05, 3.63) is 32.8 Å². The van der Waals surface area contributed by atoms with Gasteiger partial charge in [-0.05, 0) is 0 Å². The van der Waals surface area contributed by atoms with Crippen LogP contribution in [0.3, 0.4) is 0 Å². The lowest BCUT2D eigenvalue weighted by atomic mass is 10.2. The number of amides is 1. The molecule has 11 heteroatoms. The Morgan fingerprint density at radius 1 is 1.52 bits per heavy atom. The van der Waals surface area contributed by atoms with Gasteiger partial charge in [0.2, 0.25) is 10.0 Å². The maximum absolute atomic E-state index is 11.9. The fourth-order valence-corrected chi connectivity index (χ4v) is 2.59. The van der Waals surface area contributed by atoms with E-state index in [4.69, 9.17) is 21.5 Å². The summed E-state index contributed by atoms with van der Waals surface area (Å²) in [6.45, 7) is 0.333. The van der Waals surface area contributed by atoms with E-state index in [1.54, 1.807) is 0 Å². The van der Waals surface area contributed by atoms with Gasteiger partial charge in [0, 0.05) is 25.8 Å². The molecular weight excluding hydrogens is 326 g/mol. The highest BCUT2D eigenvalue weighted by molar-refractivity contribution is 7.89.